The summed E-state index contributed by atoms with van der Waals surface area (Å²) in [5.74, 6) is -0.554. The molecule has 2 aromatic carbocycles. The van der Waals surface area contributed by atoms with Crippen LogP contribution in [0.5, 0.6) is 5.75 Å². The predicted octanol–water partition coefficient (Wildman–Crippen LogP) is 4.84. The highest BCUT2D eigenvalue weighted by Gasteiger charge is 2.42. The van der Waals surface area contributed by atoms with Gasteiger partial charge in [-0.2, -0.15) is 0 Å². The van der Waals surface area contributed by atoms with Gasteiger partial charge in [-0.1, -0.05) is 38.4 Å². The normalized spacial score (nSPS) is 16.2. The maximum absolute atomic E-state index is 14.6. The number of benzene rings is 2. The highest BCUT2D eigenvalue weighted by molar-refractivity contribution is 6.31. The van der Waals surface area contributed by atoms with Crippen molar-refractivity contribution in [3.05, 3.63) is 53.1 Å². The molecule has 1 saturated heterocycles. The van der Waals surface area contributed by atoms with Crippen molar-refractivity contribution in [1.29, 1.82) is 0 Å². The van der Waals surface area contributed by atoms with Gasteiger partial charge in [-0.25, -0.2) is 14.4 Å². The van der Waals surface area contributed by atoms with E-state index in [4.69, 9.17) is 16.3 Å². The topological polar surface area (TPSA) is 126 Å². The lowest BCUT2D eigenvalue weighted by Crippen LogP contribution is -2.58. The number of fused-ring (bicyclic) bond motifs is 1. The molecule has 1 aliphatic heterocycles. The Hall–Kier alpha value is -3.54. The third-order valence-electron chi connectivity index (χ3n) is 7.74. The van der Waals surface area contributed by atoms with Crippen LogP contribution in [0.1, 0.15) is 46.1 Å². The number of likely N-dealkylation sites (N-methyl/N-ethyl adjacent to an activating group) is 1. The van der Waals surface area contributed by atoms with E-state index in [2.05, 4.69) is 25.9 Å². The minimum atomic E-state index is -0.808. The molecule has 10 nitrogen and oxygen atoms in total. The number of likely N-dealkylation sites (tertiary alicyclic amines) is 1. The summed E-state index contributed by atoms with van der Waals surface area (Å²) in [7, 11) is 3.18. The van der Waals surface area contributed by atoms with Crippen molar-refractivity contribution in [2.45, 2.75) is 65.1 Å². The second-order valence-corrected chi connectivity index (χ2v) is 12.2. The van der Waals surface area contributed by atoms with Crippen LogP contribution in [0.4, 0.5) is 15.9 Å². The molecule has 1 aliphatic rings. The third kappa shape index (κ3) is 7.57. The zero-order valence-corrected chi connectivity index (χ0v) is 27.2. The van der Waals surface area contributed by atoms with Crippen LogP contribution in [-0.4, -0.2) is 71.3 Å². The van der Waals surface area contributed by atoms with Gasteiger partial charge in [-0.05, 0) is 50.4 Å². The van der Waals surface area contributed by atoms with E-state index in [0.717, 1.165) is 0 Å². The molecule has 238 valence electrons. The number of aromatic nitrogens is 2. The number of carbonyl (C=O) groups is 3. The Morgan fingerprint density at radius 3 is 2.59 bits per heavy atom. The molecule has 3 atom stereocenters. The van der Waals surface area contributed by atoms with E-state index >= 15 is 0 Å². The lowest BCUT2D eigenvalue weighted by molar-refractivity contribution is -0.143. The number of nitrogens with one attached hydrogen (secondary N) is 3. The molecule has 0 unspecified atom stereocenters. The third-order valence-corrected chi connectivity index (χ3v) is 8.03. The largest absolute Gasteiger partial charge is 0.496 e. The number of hydrogen-bond donors (Lipinski definition) is 3. The average Bonchev–Trinajstić information content (AvgIpc) is 3.47. The monoisotopic (exact) mass is 648 g/mol. The van der Waals surface area contributed by atoms with Crippen LogP contribution in [0.3, 0.4) is 0 Å². The van der Waals surface area contributed by atoms with E-state index in [1.54, 1.807) is 43.1 Å². The predicted molar refractivity (Wildman–Crippen MR) is 171 cm³/mol. The Morgan fingerprint density at radius 2 is 1.93 bits per heavy atom. The lowest BCUT2D eigenvalue weighted by Gasteiger charge is -2.36. The molecule has 4 rings (SSSR count). The molecule has 1 aromatic heterocycles. The van der Waals surface area contributed by atoms with E-state index in [1.165, 1.54) is 19.5 Å². The Balaban J connectivity index is 0.00000529. The fraction of sp³-hybridized carbons (Fsp3) is 0.452. The summed E-state index contributed by atoms with van der Waals surface area (Å²) in [5.41, 5.74) is 0.673. The first kappa shape index (κ1) is 34.9. The van der Waals surface area contributed by atoms with Crippen molar-refractivity contribution in [3.8, 4) is 5.75 Å². The van der Waals surface area contributed by atoms with Crippen molar-refractivity contribution in [2.24, 2.45) is 5.41 Å². The molecule has 0 saturated carbocycles. The molecule has 0 bridgehead atoms. The number of hydrogen-bond acceptors (Lipinski definition) is 8. The van der Waals surface area contributed by atoms with E-state index in [1.807, 2.05) is 20.8 Å². The van der Waals surface area contributed by atoms with Crippen LogP contribution < -0.4 is 20.7 Å². The van der Waals surface area contributed by atoms with Crippen molar-refractivity contribution in [2.75, 3.05) is 26.0 Å². The van der Waals surface area contributed by atoms with E-state index in [0.29, 0.717) is 47.4 Å². The summed E-state index contributed by atoms with van der Waals surface area (Å²) >= 11 is 5.95. The summed E-state index contributed by atoms with van der Waals surface area (Å²) in [5, 5.41) is 9.28. The average molecular weight is 650 g/mol. The van der Waals surface area contributed by atoms with Gasteiger partial charge in [0.25, 0.3) is 0 Å². The minimum Gasteiger partial charge on any atom is -0.496 e. The molecule has 3 N–H and O–H groups in total. The molecular weight excluding hydrogens is 610 g/mol. The molecule has 1 fully saturated rings. The van der Waals surface area contributed by atoms with Gasteiger partial charge in [0.05, 0.1) is 35.4 Å². The number of carbonyl (C=O) groups excluding carboxylic acids is 3. The van der Waals surface area contributed by atoms with Gasteiger partial charge in [-0.15, -0.1) is 12.4 Å². The molecule has 0 spiro atoms. The number of ether oxygens (including phenoxy) is 1. The van der Waals surface area contributed by atoms with Gasteiger partial charge in [-0.3, -0.25) is 14.4 Å². The van der Waals surface area contributed by atoms with E-state index in [-0.39, 0.29) is 47.1 Å². The maximum Gasteiger partial charge on any atom is 0.246 e. The summed E-state index contributed by atoms with van der Waals surface area (Å²) in [6.07, 6.45) is 2.52. The summed E-state index contributed by atoms with van der Waals surface area (Å²) in [6.45, 7) is 7.79. The molecular formula is C31H39Cl2FN6O4. The number of nitrogens with zero attached hydrogens (tertiary/aromatic N) is 3. The first-order valence-electron chi connectivity index (χ1n) is 14.2. The molecule has 44 heavy (non-hydrogen) atoms. The van der Waals surface area contributed by atoms with Gasteiger partial charge in [0.2, 0.25) is 11.8 Å². The molecule has 0 aliphatic carbocycles. The number of amides is 2. The molecule has 13 heteroatoms. The van der Waals surface area contributed by atoms with Gasteiger partial charge in [0.15, 0.2) is 11.6 Å². The number of Topliss-reactive ketones (excluding diaryl/α,β-unsaturated/α-hetero) is 1. The highest BCUT2D eigenvalue weighted by atomic mass is 35.5. The van der Waals surface area contributed by atoms with Gasteiger partial charge >= 0.3 is 0 Å². The second-order valence-electron chi connectivity index (χ2n) is 11.8. The molecule has 2 amide bonds. The minimum absolute atomic E-state index is 0. The van der Waals surface area contributed by atoms with Crippen LogP contribution in [0.15, 0.2) is 36.7 Å². The number of ketones is 1. The Bertz CT molecular complexity index is 1530. The van der Waals surface area contributed by atoms with Crippen LogP contribution >= 0.6 is 24.0 Å². The Labute approximate surface area is 267 Å². The standard InChI is InChI=1S/C31H38ClFN6O4.ClH/c1-17(34-5)29(41)38-27(31(2,3)4)30(42)39-12-8-11-23(39)24(40)14-18-13-19-22(15-25(18)43-6)35-16-36-28(19)37-21-10-7-9-20(32)26(21)33;/h7,9-10,13,15-17,23,27,34H,8,11-12,14H2,1-6H3,(H,38,41)(H,35,36,37);1H/t17-,23-,27+;/m0./s1. The zero-order valence-electron chi connectivity index (χ0n) is 25.7. The Kier molecular flexibility index (Phi) is 11.5. The second kappa shape index (κ2) is 14.5. The van der Waals surface area contributed by atoms with E-state index < -0.39 is 29.4 Å². The Morgan fingerprint density at radius 1 is 1.20 bits per heavy atom. The first-order chi connectivity index (χ1) is 20.3. The van der Waals surface area contributed by atoms with Gasteiger partial charge < -0.3 is 25.6 Å². The van der Waals surface area contributed by atoms with Crippen molar-refractivity contribution in [1.82, 2.24) is 25.5 Å². The van der Waals surface area contributed by atoms with Crippen molar-refractivity contribution < 1.29 is 23.5 Å². The molecule has 3 aromatic rings. The molecule has 0 radical (unpaired) electrons. The highest BCUT2D eigenvalue weighted by Crippen LogP contribution is 2.33. The van der Waals surface area contributed by atoms with Crippen molar-refractivity contribution in [3.63, 3.8) is 0 Å². The zero-order chi connectivity index (χ0) is 31.5. The summed E-state index contributed by atoms with van der Waals surface area (Å²) < 4.78 is 20.2. The quantitative estimate of drug-likeness (QED) is 0.285. The SMILES string of the molecule is CN[C@@H](C)C(=O)N[C@H](C(=O)N1CCC[C@H]1C(=O)Cc1cc2c(Nc3cccc(Cl)c3F)ncnc2cc1OC)C(C)(C)C.Cl. The number of halogens is 3. The number of anilines is 2. The fourth-order valence-corrected chi connectivity index (χ4v) is 5.34. The van der Waals surface area contributed by atoms with Crippen LogP contribution in [0.25, 0.3) is 10.9 Å². The lowest BCUT2D eigenvalue weighted by atomic mass is 9.85. The van der Waals surface area contributed by atoms with Crippen LogP contribution in [0.2, 0.25) is 5.02 Å². The van der Waals surface area contributed by atoms with Gasteiger partial charge in [0, 0.05) is 30.0 Å². The maximum atomic E-state index is 14.6. The van der Waals surface area contributed by atoms with Gasteiger partial charge in [0.1, 0.15) is 23.9 Å². The van der Waals surface area contributed by atoms with E-state index in [9.17, 15) is 18.8 Å². The van der Waals surface area contributed by atoms with Crippen molar-refractivity contribution >= 4 is 64.0 Å². The summed E-state index contributed by atoms with van der Waals surface area (Å²) in [4.78, 5) is 50.5. The van der Waals surface area contributed by atoms with Crippen LogP contribution in [-0.2, 0) is 20.8 Å². The fourth-order valence-electron chi connectivity index (χ4n) is 5.17. The number of rotatable bonds is 10. The first-order valence-corrected chi connectivity index (χ1v) is 14.6. The van der Waals surface area contributed by atoms with Crippen LogP contribution in [0, 0.1) is 11.2 Å². The number of methoxy groups -OCH3 is 1. The molecule has 2 heterocycles. The summed E-state index contributed by atoms with van der Waals surface area (Å²) in [6, 6.07) is 6.12. The smallest absolute Gasteiger partial charge is 0.246 e.